The third-order valence-electron chi connectivity index (χ3n) is 1.69. The van der Waals surface area contributed by atoms with E-state index in [-0.39, 0.29) is 11.7 Å². The molecule has 0 fully saturated rings. The van der Waals surface area contributed by atoms with Gasteiger partial charge >= 0.3 is 15.3 Å². The van der Waals surface area contributed by atoms with Crippen LogP contribution < -0.4 is 0 Å². The predicted molar refractivity (Wildman–Crippen MR) is 56.2 cm³/mol. The minimum atomic E-state index is -1.85. The summed E-state index contributed by atoms with van der Waals surface area (Å²) in [6.45, 7) is 8.42. The van der Waals surface area contributed by atoms with E-state index >= 15 is 0 Å². The molecule has 0 aliphatic heterocycles. The minimum absolute atomic E-state index is 0.174. The summed E-state index contributed by atoms with van der Waals surface area (Å²) in [5.41, 5.74) is -0.174. The van der Waals surface area contributed by atoms with Crippen molar-refractivity contribution in [1.29, 1.82) is 0 Å². The van der Waals surface area contributed by atoms with Crippen molar-refractivity contribution in [2.75, 3.05) is 13.2 Å². The highest BCUT2D eigenvalue weighted by atomic mass is 28.3. The summed E-state index contributed by atoms with van der Waals surface area (Å²) in [5, 5.41) is 0. The fourth-order valence-electron chi connectivity index (χ4n) is 1.14. The van der Waals surface area contributed by atoms with Gasteiger partial charge in [-0.15, -0.1) is 0 Å². The average molecular weight is 220 g/mol. The molecule has 0 amide bonds. The van der Waals surface area contributed by atoms with Gasteiger partial charge in [0.2, 0.25) is 0 Å². The third-order valence-corrected chi connectivity index (χ3v) is 4.22. The summed E-state index contributed by atoms with van der Waals surface area (Å²) in [6, 6.07) is 0. The lowest BCUT2D eigenvalue weighted by Crippen LogP contribution is -2.40. The van der Waals surface area contributed by atoms with Crippen LogP contribution in [0.1, 0.15) is 34.1 Å². The molecule has 1 atom stereocenters. The molecule has 0 saturated carbocycles. The Morgan fingerprint density at radius 2 is 1.71 bits per heavy atom. The topological polar surface area (TPSA) is 44.8 Å². The number of hydrogen-bond acceptors (Lipinski definition) is 4. The number of carbonyl (C=O) groups excluding carboxylic acids is 1. The van der Waals surface area contributed by atoms with Crippen molar-refractivity contribution >= 4 is 15.3 Å². The van der Waals surface area contributed by atoms with E-state index in [0.717, 1.165) is 6.42 Å². The second kappa shape index (κ2) is 7.96. The molecular formula is C9H20O4Si. The molecule has 0 aromatic heterocycles. The highest BCUT2D eigenvalue weighted by Crippen LogP contribution is 2.06. The van der Waals surface area contributed by atoms with Crippen LogP contribution in [-0.4, -0.2) is 34.2 Å². The van der Waals surface area contributed by atoms with Crippen LogP contribution in [0.4, 0.5) is 0 Å². The van der Waals surface area contributed by atoms with Crippen LogP contribution >= 0.6 is 0 Å². The van der Waals surface area contributed by atoms with Gasteiger partial charge in [-0.1, -0.05) is 6.92 Å². The zero-order chi connectivity index (χ0) is 11.0. The Morgan fingerprint density at radius 3 is 2.00 bits per heavy atom. The molecule has 0 rings (SSSR count). The first-order valence-corrected chi connectivity index (χ1v) is 6.67. The fourth-order valence-corrected chi connectivity index (χ4v) is 3.01. The van der Waals surface area contributed by atoms with Crippen LogP contribution in [0.15, 0.2) is 0 Å². The van der Waals surface area contributed by atoms with Crippen LogP contribution in [-0.2, 0) is 18.4 Å². The Morgan fingerprint density at radius 1 is 1.21 bits per heavy atom. The molecule has 0 aliphatic carbocycles. The standard InChI is InChI=1S/C9H20O4Si/c1-5-9(13-8(4)10)14(11-6-2)12-7-3/h9,14H,5-7H2,1-4H3. The van der Waals surface area contributed by atoms with Gasteiger partial charge in [-0.25, -0.2) is 0 Å². The van der Waals surface area contributed by atoms with Crippen molar-refractivity contribution in [3.63, 3.8) is 0 Å². The van der Waals surface area contributed by atoms with E-state index in [1.807, 2.05) is 20.8 Å². The third kappa shape index (κ3) is 5.36. The van der Waals surface area contributed by atoms with Crippen molar-refractivity contribution in [1.82, 2.24) is 0 Å². The Labute approximate surface area is 87.4 Å². The van der Waals surface area contributed by atoms with Crippen LogP contribution in [0.25, 0.3) is 0 Å². The highest BCUT2D eigenvalue weighted by molar-refractivity contribution is 6.46. The molecule has 0 N–H and O–H groups in total. The van der Waals surface area contributed by atoms with Gasteiger partial charge in [-0.3, -0.25) is 4.79 Å². The van der Waals surface area contributed by atoms with Gasteiger partial charge in [0.1, 0.15) is 5.73 Å². The normalized spacial score (nSPS) is 12.9. The molecule has 4 nitrogen and oxygen atoms in total. The second-order valence-corrected chi connectivity index (χ2v) is 4.98. The molecule has 0 radical (unpaired) electrons. The van der Waals surface area contributed by atoms with Crippen LogP contribution in [0, 0.1) is 0 Å². The van der Waals surface area contributed by atoms with Crippen molar-refractivity contribution in [2.24, 2.45) is 0 Å². The van der Waals surface area contributed by atoms with Gasteiger partial charge in [0.05, 0.1) is 0 Å². The summed E-state index contributed by atoms with van der Waals surface area (Å²) < 4.78 is 16.1. The van der Waals surface area contributed by atoms with Crippen LogP contribution in [0.3, 0.4) is 0 Å². The van der Waals surface area contributed by atoms with Crippen molar-refractivity contribution in [2.45, 2.75) is 39.8 Å². The van der Waals surface area contributed by atoms with E-state index < -0.39 is 9.28 Å². The zero-order valence-electron chi connectivity index (χ0n) is 9.41. The summed E-state index contributed by atoms with van der Waals surface area (Å²) in [6.07, 6.45) is 0.746. The Hall–Kier alpha value is -0.393. The quantitative estimate of drug-likeness (QED) is 0.477. The molecule has 0 aliphatic rings. The van der Waals surface area contributed by atoms with E-state index in [1.54, 1.807) is 0 Å². The number of ether oxygens (including phenoxy) is 1. The lowest BCUT2D eigenvalue weighted by Gasteiger charge is -2.23. The lowest BCUT2D eigenvalue weighted by atomic mass is 10.5. The first kappa shape index (κ1) is 13.6. The highest BCUT2D eigenvalue weighted by Gasteiger charge is 2.26. The van der Waals surface area contributed by atoms with Gasteiger partial charge in [0, 0.05) is 20.1 Å². The molecule has 0 aromatic rings. The van der Waals surface area contributed by atoms with Crippen LogP contribution in [0.2, 0.25) is 0 Å². The molecule has 0 heterocycles. The van der Waals surface area contributed by atoms with E-state index in [2.05, 4.69) is 0 Å². The Balaban J connectivity index is 4.16. The molecule has 14 heavy (non-hydrogen) atoms. The van der Waals surface area contributed by atoms with Crippen molar-refractivity contribution < 1.29 is 18.4 Å². The summed E-state index contributed by atoms with van der Waals surface area (Å²) in [5.74, 6) is -0.270. The van der Waals surface area contributed by atoms with E-state index in [0.29, 0.717) is 13.2 Å². The van der Waals surface area contributed by atoms with Gasteiger partial charge in [-0.05, 0) is 20.3 Å². The molecule has 1 unspecified atom stereocenters. The number of hydrogen-bond donors (Lipinski definition) is 0. The van der Waals surface area contributed by atoms with Crippen LogP contribution in [0.5, 0.6) is 0 Å². The molecule has 0 spiro atoms. The summed E-state index contributed by atoms with van der Waals surface area (Å²) >= 11 is 0. The summed E-state index contributed by atoms with van der Waals surface area (Å²) in [7, 11) is -1.85. The van der Waals surface area contributed by atoms with Gasteiger partial charge in [-0.2, -0.15) is 0 Å². The predicted octanol–water partition coefficient (Wildman–Crippen LogP) is 1.16. The SMILES string of the molecule is CCO[SiH](OCC)C(CC)OC(C)=O. The van der Waals surface area contributed by atoms with E-state index in [1.165, 1.54) is 6.92 Å². The number of carbonyl (C=O) groups is 1. The maximum Gasteiger partial charge on any atom is 0.363 e. The van der Waals surface area contributed by atoms with Gasteiger partial charge < -0.3 is 13.6 Å². The zero-order valence-corrected chi connectivity index (χ0v) is 10.6. The number of rotatable bonds is 7. The van der Waals surface area contributed by atoms with E-state index in [4.69, 9.17) is 13.6 Å². The van der Waals surface area contributed by atoms with Gasteiger partial charge in [0.25, 0.3) is 0 Å². The molecule has 0 bridgehead atoms. The Kier molecular flexibility index (Phi) is 7.74. The monoisotopic (exact) mass is 220 g/mol. The molecular weight excluding hydrogens is 200 g/mol. The fraction of sp³-hybridized carbons (Fsp3) is 0.889. The molecule has 0 aromatic carbocycles. The molecule has 84 valence electrons. The smallest absolute Gasteiger partial charge is 0.363 e. The Bertz CT molecular complexity index is 157. The minimum Gasteiger partial charge on any atom is -0.461 e. The molecule has 5 heteroatoms. The maximum absolute atomic E-state index is 10.8. The second-order valence-electron chi connectivity index (χ2n) is 2.84. The number of esters is 1. The average Bonchev–Trinajstić information content (AvgIpc) is 2.13. The van der Waals surface area contributed by atoms with Crippen molar-refractivity contribution in [3.05, 3.63) is 0 Å². The first-order chi connectivity index (χ1) is 6.65. The largest absolute Gasteiger partial charge is 0.461 e. The van der Waals surface area contributed by atoms with Gasteiger partial charge in [0.15, 0.2) is 0 Å². The maximum atomic E-state index is 10.8. The molecule has 0 saturated heterocycles. The van der Waals surface area contributed by atoms with E-state index in [9.17, 15) is 4.79 Å². The first-order valence-electron chi connectivity index (χ1n) is 5.06. The summed E-state index contributed by atoms with van der Waals surface area (Å²) in [4.78, 5) is 10.8. The van der Waals surface area contributed by atoms with Crippen molar-refractivity contribution in [3.8, 4) is 0 Å². The lowest BCUT2D eigenvalue weighted by molar-refractivity contribution is -0.144.